The van der Waals surface area contributed by atoms with Crippen LogP contribution in [0.25, 0.3) is 11.3 Å². The Hall–Kier alpha value is -2.38. The standard InChI is InChI=1S/C18H22N2O4S/c1-11(2)8-17(22)20-18(25)19-12-4-6-14(16(9-12)23-3)15-7-5-13(10-21)24-15/h4-7,9,11,21H,8,10H2,1-3H3,(H2,19,20,22,25). The molecule has 0 saturated heterocycles. The smallest absolute Gasteiger partial charge is 0.226 e. The molecular weight excluding hydrogens is 340 g/mol. The predicted molar refractivity (Wildman–Crippen MR) is 100 cm³/mol. The Labute approximate surface area is 152 Å². The summed E-state index contributed by atoms with van der Waals surface area (Å²) >= 11 is 5.16. The third-order valence-corrected chi connectivity index (χ3v) is 3.59. The minimum Gasteiger partial charge on any atom is -0.496 e. The molecule has 134 valence electrons. The summed E-state index contributed by atoms with van der Waals surface area (Å²) < 4.78 is 10.9. The molecule has 0 radical (unpaired) electrons. The SMILES string of the molecule is COc1cc(NC(=S)NC(=O)CC(C)C)ccc1-c1ccc(CO)o1. The number of hydrogen-bond donors (Lipinski definition) is 3. The number of rotatable bonds is 6. The summed E-state index contributed by atoms with van der Waals surface area (Å²) in [4.78, 5) is 11.8. The van der Waals surface area contributed by atoms with Crippen LogP contribution < -0.4 is 15.4 Å². The van der Waals surface area contributed by atoms with Gasteiger partial charge in [0.1, 0.15) is 23.9 Å². The zero-order chi connectivity index (χ0) is 18.4. The van der Waals surface area contributed by atoms with Crippen molar-refractivity contribution in [3.63, 3.8) is 0 Å². The Morgan fingerprint density at radius 1 is 1.32 bits per heavy atom. The van der Waals surface area contributed by atoms with E-state index >= 15 is 0 Å². The molecule has 0 atom stereocenters. The van der Waals surface area contributed by atoms with Gasteiger partial charge in [-0.3, -0.25) is 4.79 Å². The highest BCUT2D eigenvalue weighted by molar-refractivity contribution is 7.80. The van der Waals surface area contributed by atoms with Crippen LogP contribution in [0, 0.1) is 5.92 Å². The Morgan fingerprint density at radius 3 is 2.68 bits per heavy atom. The Bertz CT molecular complexity index is 755. The maximum absolute atomic E-state index is 11.8. The van der Waals surface area contributed by atoms with Crippen molar-refractivity contribution in [1.82, 2.24) is 5.32 Å². The first-order chi connectivity index (χ1) is 11.9. The zero-order valence-corrected chi connectivity index (χ0v) is 15.3. The topological polar surface area (TPSA) is 83.7 Å². The molecule has 0 aliphatic heterocycles. The highest BCUT2D eigenvalue weighted by atomic mass is 32.1. The van der Waals surface area contributed by atoms with Gasteiger partial charge in [0.15, 0.2) is 5.11 Å². The summed E-state index contributed by atoms with van der Waals surface area (Å²) in [6, 6.07) is 8.87. The monoisotopic (exact) mass is 362 g/mol. The van der Waals surface area contributed by atoms with Gasteiger partial charge < -0.3 is 24.9 Å². The number of nitrogens with one attached hydrogen (secondary N) is 2. The fourth-order valence-corrected chi connectivity index (χ4v) is 2.52. The van der Waals surface area contributed by atoms with Crippen molar-refractivity contribution in [1.29, 1.82) is 0 Å². The van der Waals surface area contributed by atoms with E-state index in [0.29, 0.717) is 29.4 Å². The van der Waals surface area contributed by atoms with E-state index in [2.05, 4.69) is 10.6 Å². The number of hydrogen-bond acceptors (Lipinski definition) is 5. The van der Waals surface area contributed by atoms with Crippen LogP contribution in [0.4, 0.5) is 5.69 Å². The number of anilines is 1. The van der Waals surface area contributed by atoms with E-state index in [1.54, 1.807) is 31.4 Å². The van der Waals surface area contributed by atoms with Crippen LogP contribution in [0.15, 0.2) is 34.7 Å². The van der Waals surface area contributed by atoms with Gasteiger partial charge in [0.05, 0.1) is 12.7 Å². The van der Waals surface area contributed by atoms with Gasteiger partial charge in [0.25, 0.3) is 0 Å². The van der Waals surface area contributed by atoms with E-state index in [4.69, 9.17) is 26.5 Å². The van der Waals surface area contributed by atoms with E-state index in [1.807, 2.05) is 19.9 Å². The molecule has 0 spiro atoms. The van der Waals surface area contributed by atoms with Crippen molar-refractivity contribution in [2.75, 3.05) is 12.4 Å². The van der Waals surface area contributed by atoms with Gasteiger partial charge in [-0.05, 0) is 42.4 Å². The Morgan fingerprint density at radius 2 is 2.08 bits per heavy atom. The summed E-state index contributed by atoms with van der Waals surface area (Å²) in [7, 11) is 1.56. The molecule has 2 rings (SSSR count). The van der Waals surface area contributed by atoms with Gasteiger partial charge in [-0.2, -0.15) is 0 Å². The van der Waals surface area contributed by atoms with Crippen molar-refractivity contribution in [3.05, 3.63) is 36.1 Å². The number of ether oxygens (including phenoxy) is 1. The number of thiocarbonyl (C=S) groups is 1. The molecule has 0 bridgehead atoms. The van der Waals surface area contributed by atoms with Crippen molar-refractivity contribution >= 4 is 28.9 Å². The van der Waals surface area contributed by atoms with Crippen molar-refractivity contribution < 1.29 is 19.1 Å². The van der Waals surface area contributed by atoms with Crippen LogP contribution in [0.1, 0.15) is 26.0 Å². The molecule has 25 heavy (non-hydrogen) atoms. The van der Waals surface area contributed by atoms with Crippen molar-refractivity contribution in [2.24, 2.45) is 5.92 Å². The summed E-state index contributed by atoms with van der Waals surface area (Å²) in [5.41, 5.74) is 1.44. The lowest BCUT2D eigenvalue weighted by Crippen LogP contribution is -2.34. The quantitative estimate of drug-likeness (QED) is 0.684. The number of carbonyl (C=O) groups excluding carboxylic acids is 1. The van der Waals surface area contributed by atoms with Gasteiger partial charge in [0.2, 0.25) is 5.91 Å². The number of methoxy groups -OCH3 is 1. The number of furan rings is 1. The van der Waals surface area contributed by atoms with Gasteiger partial charge in [-0.1, -0.05) is 13.8 Å². The predicted octanol–water partition coefficient (Wildman–Crippen LogP) is 3.31. The molecule has 7 heteroatoms. The fourth-order valence-electron chi connectivity index (χ4n) is 2.29. The normalized spacial score (nSPS) is 10.6. The van der Waals surface area contributed by atoms with Crippen LogP contribution in [0.2, 0.25) is 0 Å². The summed E-state index contributed by atoms with van der Waals surface area (Å²) in [6.07, 6.45) is 0.412. The van der Waals surface area contributed by atoms with E-state index in [-0.39, 0.29) is 23.5 Å². The average Bonchev–Trinajstić information content (AvgIpc) is 3.02. The number of aliphatic hydroxyl groups excluding tert-OH is 1. The van der Waals surface area contributed by atoms with Crippen LogP contribution in [0.5, 0.6) is 5.75 Å². The first-order valence-electron chi connectivity index (χ1n) is 7.91. The van der Waals surface area contributed by atoms with E-state index in [0.717, 1.165) is 5.56 Å². The van der Waals surface area contributed by atoms with Gasteiger partial charge in [0, 0.05) is 18.2 Å². The Kier molecular flexibility index (Phi) is 6.55. The molecule has 1 heterocycles. The molecule has 6 nitrogen and oxygen atoms in total. The number of carbonyl (C=O) groups is 1. The van der Waals surface area contributed by atoms with Gasteiger partial charge in [-0.25, -0.2) is 0 Å². The molecule has 1 amide bonds. The maximum Gasteiger partial charge on any atom is 0.226 e. The highest BCUT2D eigenvalue weighted by Crippen LogP contribution is 2.33. The Balaban J connectivity index is 2.10. The third kappa shape index (κ3) is 5.30. The lowest BCUT2D eigenvalue weighted by Gasteiger charge is -2.13. The minimum atomic E-state index is -0.160. The largest absolute Gasteiger partial charge is 0.496 e. The number of benzene rings is 1. The van der Waals surface area contributed by atoms with E-state index in [1.165, 1.54) is 0 Å². The molecule has 0 aliphatic rings. The number of aliphatic hydroxyl groups is 1. The molecule has 0 unspecified atom stereocenters. The second kappa shape index (κ2) is 8.64. The molecule has 2 aromatic rings. The summed E-state index contributed by atoms with van der Waals surface area (Å²) in [6.45, 7) is 3.78. The first-order valence-corrected chi connectivity index (χ1v) is 8.32. The summed E-state index contributed by atoms with van der Waals surface area (Å²) in [5.74, 6) is 1.80. The van der Waals surface area contributed by atoms with Crippen molar-refractivity contribution in [3.8, 4) is 17.1 Å². The molecule has 0 saturated carbocycles. The van der Waals surface area contributed by atoms with E-state index in [9.17, 15) is 4.79 Å². The second-order valence-electron chi connectivity index (χ2n) is 5.94. The first kappa shape index (κ1) is 19.0. The van der Waals surface area contributed by atoms with Crippen molar-refractivity contribution in [2.45, 2.75) is 26.9 Å². The molecule has 0 aliphatic carbocycles. The number of amides is 1. The van der Waals surface area contributed by atoms with Gasteiger partial charge >= 0.3 is 0 Å². The minimum absolute atomic E-state index is 0.122. The van der Waals surface area contributed by atoms with Crippen LogP contribution in [-0.4, -0.2) is 23.2 Å². The molecule has 1 aromatic carbocycles. The van der Waals surface area contributed by atoms with Crippen LogP contribution in [0.3, 0.4) is 0 Å². The molecule has 1 aromatic heterocycles. The van der Waals surface area contributed by atoms with Gasteiger partial charge in [-0.15, -0.1) is 0 Å². The van der Waals surface area contributed by atoms with E-state index < -0.39 is 0 Å². The lowest BCUT2D eigenvalue weighted by atomic mass is 10.1. The average molecular weight is 362 g/mol. The van der Waals surface area contributed by atoms with Crippen LogP contribution >= 0.6 is 12.2 Å². The highest BCUT2D eigenvalue weighted by Gasteiger charge is 2.12. The molecular formula is C18H22N2O4S. The molecule has 0 fully saturated rings. The third-order valence-electron chi connectivity index (χ3n) is 3.39. The zero-order valence-electron chi connectivity index (χ0n) is 14.5. The van der Waals surface area contributed by atoms with Crippen LogP contribution in [-0.2, 0) is 11.4 Å². The second-order valence-corrected chi connectivity index (χ2v) is 6.35. The maximum atomic E-state index is 11.8. The summed E-state index contributed by atoms with van der Waals surface area (Å²) in [5, 5.41) is 15.0. The lowest BCUT2D eigenvalue weighted by molar-refractivity contribution is -0.120. The molecule has 3 N–H and O–H groups in total. The fraction of sp³-hybridized carbons (Fsp3) is 0.333.